The molecule has 2 aromatic rings. The van der Waals surface area contributed by atoms with Crippen LogP contribution in [0.5, 0.6) is 0 Å². The summed E-state index contributed by atoms with van der Waals surface area (Å²) >= 11 is 3.49. The van der Waals surface area contributed by atoms with Gasteiger partial charge in [0.15, 0.2) is 0 Å². The van der Waals surface area contributed by atoms with Crippen molar-refractivity contribution in [3.8, 4) is 11.1 Å². The van der Waals surface area contributed by atoms with Crippen LogP contribution in [0.2, 0.25) is 0 Å². The van der Waals surface area contributed by atoms with Gasteiger partial charge in [-0.2, -0.15) is 0 Å². The molecule has 3 N–H and O–H groups in total. The van der Waals surface area contributed by atoms with E-state index >= 15 is 0 Å². The van der Waals surface area contributed by atoms with Gasteiger partial charge in [-0.25, -0.2) is 0 Å². The van der Waals surface area contributed by atoms with Gasteiger partial charge in [0.25, 0.3) is 0 Å². The highest BCUT2D eigenvalue weighted by atomic mass is 79.9. The molecule has 16 heavy (non-hydrogen) atoms. The van der Waals surface area contributed by atoms with Crippen molar-refractivity contribution in [3.05, 3.63) is 46.2 Å². The summed E-state index contributed by atoms with van der Waals surface area (Å²) in [5.74, 6) is 0. The van der Waals surface area contributed by atoms with Crippen LogP contribution in [0, 0.1) is 6.92 Å². The minimum atomic E-state index is 0.668. The average molecular weight is 279 g/mol. The van der Waals surface area contributed by atoms with E-state index < -0.39 is 0 Å². The zero-order valence-corrected chi connectivity index (χ0v) is 10.8. The molecule has 0 saturated carbocycles. The van der Waals surface area contributed by atoms with E-state index in [1.807, 2.05) is 12.1 Å². The van der Waals surface area contributed by atoms with Gasteiger partial charge in [-0.05, 0) is 37.2 Å². The monoisotopic (exact) mass is 278 g/mol. The quantitative estimate of drug-likeness (QED) is 0.889. The van der Waals surface area contributed by atoms with E-state index in [2.05, 4.69) is 46.0 Å². The van der Waals surface area contributed by atoms with Crippen LogP contribution < -0.4 is 5.73 Å². The Morgan fingerprint density at radius 3 is 2.81 bits per heavy atom. The molecule has 1 aromatic heterocycles. The van der Waals surface area contributed by atoms with Crippen LogP contribution in [-0.4, -0.2) is 11.5 Å². The summed E-state index contributed by atoms with van der Waals surface area (Å²) in [7, 11) is 0. The Balaban J connectivity index is 2.46. The fourth-order valence-electron chi connectivity index (χ4n) is 1.90. The number of hydrogen-bond acceptors (Lipinski definition) is 1. The fourth-order valence-corrected chi connectivity index (χ4v) is 2.30. The Morgan fingerprint density at radius 2 is 2.12 bits per heavy atom. The van der Waals surface area contributed by atoms with Crippen LogP contribution in [0.4, 0.5) is 0 Å². The Kier molecular flexibility index (Phi) is 3.46. The first-order valence-electron chi connectivity index (χ1n) is 5.35. The van der Waals surface area contributed by atoms with Crippen LogP contribution in [0.1, 0.15) is 11.4 Å². The van der Waals surface area contributed by atoms with Gasteiger partial charge >= 0.3 is 0 Å². The number of aryl methyl sites for hydroxylation is 1. The second-order valence-corrected chi connectivity index (χ2v) is 4.81. The molecule has 0 bridgehead atoms. The molecule has 0 unspecified atom stereocenters. The predicted octanol–water partition coefficient (Wildman–Crippen LogP) is 3.25. The molecule has 0 atom stereocenters. The first-order chi connectivity index (χ1) is 7.70. The highest BCUT2D eigenvalue weighted by Gasteiger charge is 2.07. The number of nitrogens with two attached hydrogens (primary N) is 1. The van der Waals surface area contributed by atoms with Gasteiger partial charge in [-0.15, -0.1) is 0 Å². The third-order valence-corrected chi connectivity index (χ3v) is 3.06. The Hall–Kier alpha value is -1.06. The number of aromatic nitrogens is 1. The van der Waals surface area contributed by atoms with Gasteiger partial charge < -0.3 is 10.7 Å². The number of hydrogen-bond donors (Lipinski definition) is 2. The highest BCUT2D eigenvalue weighted by Crippen LogP contribution is 2.27. The van der Waals surface area contributed by atoms with Gasteiger partial charge in [0.1, 0.15) is 0 Å². The van der Waals surface area contributed by atoms with E-state index in [-0.39, 0.29) is 0 Å². The van der Waals surface area contributed by atoms with Gasteiger partial charge in [-0.3, -0.25) is 0 Å². The third kappa shape index (κ3) is 2.36. The summed E-state index contributed by atoms with van der Waals surface area (Å²) in [5.41, 5.74) is 10.5. The Morgan fingerprint density at radius 1 is 1.31 bits per heavy atom. The SMILES string of the molecule is Cc1cc(-c2cccc(Br)c2)c(CCN)[nH]1. The first kappa shape index (κ1) is 11.4. The van der Waals surface area contributed by atoms with Crippen LogP contribution >= 0.6 is 15.9 Å². The molecule has 0 aliphatic heterocycles. The number of rotatable bonds is 3. The van der Waals surface area contributed by atoms with Crippen molar-refractivity contribution in [2.24, 2.45) is 5.73 Å². The van der Waals surface area contributed by atoms with Crippen molar-refractivity contribution in [1.82, 2.24) is 4.98 Å². The van der Waals surface area contributed by atoms with Crippen LogP contribution in [0.15, 0.2) is 34.8 Å². The minimum Gasteiger partial charge on any atom is -0.362 e. The lowest BCUT2D eigenvalue weighted by Crippen LogP contribution is -2.03. The summed E-state index contributed by atoms with van der Waals surface area (Å²) in [4.78, 5) is 3.37. The zero-order valence-electron chi connectivity index (χ0n) is 9.26. The summed E-state index contributed by atoms with van der Waals surface area (Å²) in [6, 6.07) is 10.5. The van der Waals surface area contributed by atoms with Crippen molar-refractivity contribution in [2.45, 2.75) is 13.3 Å². The van der Waals surface area contributed by atoms with Gasteiger partial charge in [0, 0.05) is 27.8 Å². The van der Waals surface area contributed by atoms with Gasteiger partial charge in [0.2, 0.25) is 0 Å². The lowest BCUT2D eigenvalue weighted by Gasteiger charge is -2.03. The summed E-state index contributed by atoms with van der Waals surface area (Å²) in [6.45, 7) is 2.74. The maximum Gasteiger partial charge on any atom is 0.0241 e. The van der Waals surface area contributed by atoms with Crippen molar-refractivity contribution in [3.63, 3.8) is 0 Å². The maximum absolute atomic E-state index is 5.62. The van der Waals surface area contributed by atoms with Crippen LogP contribution in [0.3, 0.4) is 0 Å². The molecule has 0 saturated heterocycles. The predicted molar refractivity (Wildman–Crippen MR) is 71.4 cm³/mol. The molecular weight excluding hydrogens is 264 g/mol. The minimum absolute atomic E-state index is 0.668. The van der Waals surface area contributed by atoms with E-state index in [4.69, 9.17) is 5.73 Å². The van der Waals surface area contributed by atoms with E-state index in [0.717, 1.165) is 10.9 Å². The fraction of sp³-hybridized carbons (Fsp3) is 0.231. The molecule has 0 amide bonds. The Labute approximate surface area is 104 Å². The Bertz CT molecular complexity index is 488. The smallest absolute Gasteiger partial charge is 0.0241 e. The second kappa shape index (κ2) is 4.85. The summed E-state index contributed by atoms with van der Waals surface area (Å²) < 4.78 is 1.10. The zero-order chi connectivity index (χ0) is 11.5. The molecule has 0 radical (unpaired) electrons. The molecule has 0 aliphatic carbocycles. The molecule has 0 spiro atoms. The molecule has 2 rings (SSSR count). The molecule has 3 heteroatoms. The van der Waals surface area contributed by atoms with E-state index in [0.29, 0.717) is 6.54 Å². The van der Waals surface area contributed by atoms with E-state index in [1.165, 1.54) is 22.5 Å². The lowest BCUT2D eigenvalue weighted by atomic mass is 10.0. The number of nitrogens with one attached hydrogen (secondary N) is 1. The van der Waals surface area contributed by atoms with Crippen LogP contribution in [-0.2, 0) is 6.42 Å². The van der Waals surface area contributed by atoms with E-state index in [9.17, 15) is 0 Å². The molecular formula is C13H15BrN2. The third-order valence-electron chi connectivity index (χ3n) is 2.56. The highest BCUT2D eigenvalue weighted by molar-refractivity contribution is 9.10. The second-order valence-electron chi connectivity index (χ2n) is 3.89. The van der Waals surface area contributed by atoms with Crippen molar-refractivity contribution >= 4 is 15.9 Å². The molecule has 2 nitrogen and oxygen atoms in total. The molecule has 0 aliphatic rings. The number of aromatic amines is 1. The first-order valence-corrected chi connectivity index (χ1v) is 6.14. The normalized spacial score (nSPS) is 10.7. The van der Waals surface area contributed by atoms with Gasteiger partial charge in [-0.1, -0.05) is 28.1 Å². The molecule has 0 fully saturated rings. The van der Waals surface area contributed by atoms with E-state index in [1.54, 1.807) is 0 Å². The summed E-state index contributed by atoms with van der Waals surface area (Å²) in [6.07, 6.45) is 0.885. The standard InChI is InChI=1S/C13H15BrN2/c1-9-7-12(13(16-9)5-6-15)10-3-2-4-11(14)8-10/h2-4,7-8,16H,5-6,15H2,1H3. The average Bonchev–Trinajstić information content (AvgIpc) is 2.60. The van der Waals surface area contributed by atoms with Crippen molar-refractivity contribution in [2.75, 3.05) is 6.54 Å². The topological polar surface area (TPSA) is 41.8 Å². The van der Waals surface area contributed by atoms with Gasteiger partial charge in [0.05, 0.1) is 0 Å². The number of H-pyrrole nitrogens is 1. The molecule has 84 valence electrons. The largest absolute Gasteiger partial charge is 0.362 e. The van der Waals surface area contributed by atoms with Crippen LogP contribution in [0.25, 0.3) is 11.1 Å². The lowest BCUT2D eigenvalue weighted by molar-refractivity contribution is 0.931. The summed E-state index contributed by atoms with van der Waals surface area (Å²) in [5, 5.41) is 0. The number of halogens is 1. The maximum atomic E-state index is 5.62. The molecule has 1 heterocycles. The number of benzene rings is 1. The van der Waals surface area contributed by atoms with Crippen molar-refractivity contribution in [1.29, 1.82) is 0 Å². The van der Waals surface area contributed by atoms with Crippen molar-refractivity contribution < 1.29 is 0 Å². The molecule has 1 aromatic carbocycles.